The van der Waals surface area contributed by atoms with Crippen molar-refractivity contribution in [2.75, 3.05) is 6.54 Å². The second-order valence-electron chi connectivity index (χ2n) is 4.73. The summed E-state index contributed by atoms with van der Waals surface area (Å²) >= 11 is 0. The molecule has 0 aliphatic heterocycles. The van der Waals surface area contributed by atoms with Crippen LogP contribution >= 0.6 is 0 Å². The topological polar surface area (TPSA) is 51.8 Å². The van der Waals surface area contributed by atoms with Crippen LogP contribution in [0.5, 0.6) is 0 Å². The molecule has 1 aromatic rings. The zero-order valence-electron chi connectivity index (χ0n) is 10.1. The van der Waals surface area contributed by atoms with Gasteiger partial charge in [0.25, 0.3) is 0 Å². The summed E-state index contributed by atoms with van der Waals surface area (Å²) in [4.78, 5) is 9.24. The van der Waals surface area contributed by atoms with Crippen LogP contribution in [0.4, 0.5) is 0 Å². The molecule has 0 radical (unpaired) electrons. The van der Waals surface area contributed by atoms with E-state index in [1.165, 1.54) is 32.1 Å². The van der Waals surface area contributed by atoms with Crippen molar-refractivity contribution >= 4 is 0 Å². The van der Waals surface area contributed by atoms with Crippen LogP contribution < -0.4 is 5.73 Å². The molecule has 1 saturated carbocycles. The monoisotopic (exact) mass is 219 g/mol. The Morgan fingerprint density at radius 3 is 2.69 bits per heavy atom. The first-order valence-corrected chi connectivity index (χ1v) is 6.34. The highest BCUT2D eigenvalue weighted by atomic mass is 14.9. The van der Waals surface area contributed by atoms with E-state index >= 15 is 0 Å². The van der Waals surface area contributed by atoms with Crippen molar-refractivity contribution in [1.82, 2.24) is 9.97 Å². The molecule has 3 heteroatoms. The minimum Gasteiger partial charge on any atom is -0.330 e. The van der Waals surface area contributed by atoms with Crippen LogP contribution in [0.2, 0.25) is 0 Å². The van der Waals surface area contributed by atoms with Gasteiger partial charge in [0, 0.05) is 23.7 Å². The lowest BCUT2D eigenvalue weighted by molar-refractivity contribution is 0.427. The molecule has 0 unspecified atom stereocenters. The standard InChI is InChI=1S/C13H21N3/c1-10-9-12(7-8-14)16-13(15-10)11-5-3-2-4-6-11/h9,11H,2-8,14H2,1H3. The van der Waals surface area contributed by atoms with E-state index in [2.05, 4.69) is 16.0 Å². The lowest BCUT2D eigenvalue weighted by Crippen LogP contribution is -2.12. The highest BCUT2D eigenvalue weighted by Crippen LogP contribution is 2.30. The highest BCUT2D eigenvalue weighted by Gasteiger charge is 2.18. The van der Waals surface area contributed by atoms with Gasteiger partial charge in [-0.05, 0) is 32.4 Å². The quantitative estimate of drug-likeness (QED) is 0.849. The molecule has 1 aliphatic carbocycles. The molecule has 1 heterocycles. The molecule has 1 aromatic heterocycles. The van der Waals surface area contributed by atoms with Gasteiger partial charge >= 0.3 is 0 Å². The van der Waals surface area contributed by atoms with E-state index in [0.29, 0.717) is 12.5 Å². The summed E-state index contributed by atoms with van der Waals surface area (Å²) in [6, 6.07) is 2.05. The number of hydrogen-bond donors (Lipinski definition) is 1. The molecule has 2 rings (SSSR count). The predicted molar refractivity (Wildman–Crippen MR) is 65.4 cm³/mol. The van der Waals surface area contributed by atoms with E-state index in [0.717, 1.165) is 23.6 Å². The van der Waals surface area contributed by atoms with Crippen LogP contribution in [0.25, 0.3) is 0 Å². The third-order valence-electron chi connectivity index (χ3n) is 3.30. The first-order valence-electron chi connectivity index (χ1n) is 6.34. The molecule has 0 aromatic carbocycles. The Hall–Kier alpha value is -0.960. The van der Waals surface area contributed by atoms with Crippen molar-refractivity contribution in [3.8, 4) is 0 Å². The Kier molecular flexibility index (Phi) is 3.88. The highest BCUT2D eigenvalue weighted by molar-refractivity contribution is 5.13. The first-order chi connectivity index (χ1) is 7.79. The Bertz CT molecular complexity index is 343. The summed E-state index contributed by atoms with van der Waals surface area (Å²) in [7, 11) is 0. The molecule has 16 heavy (non-hydrogen) atoms. The molecule has 88 valence electrons. The number of nitrogens with zero attached hydrogens (tertiary/aromatic N) is 2. The Morgan fingerprint density at radius 1 is 1.25 bits per heavy atom. The number of aryl methyl sites for hydroxylation is 1. The Morgan fingerprint density at radius 2 is 2.00 bits per heavy atom. The summed E-state index contributed by atoms with van der Waals surface area (Å²) < 4.78 is 0. The smallest absolute Gasteiger partial charge is 0.131 e. The maximum Gasteiger partial charge on any atom is 0.131 e. The molecule has 3 nitrogen and oxygen atoms in total. The predicted octanol–water partition coefficient (Wildman–Crippen LogP) is 2.33. The second kappa shape index (κ2) is 5.39. The second-order valence-corrected chi connectivity index (χ2v) is 4.73. The maximum atomic E-state index is 5.58. The van der Waals surface area contributed by atoms with E-state index in [-0.39, 0.29) is 0 Å². The van der Waals surface area contributed by atoms with Gasteiger partial charge in [0.2, 0.25) is 0 Å². The van der Waals surface area contributed by atoms with Crippen molar-refractivity contribution in [3.05, 3.63) is 23.3 Å². The molecule has 0 spiro atoms. The van der Waals surface area contributed by atoms with Gasteiger partial charge in [-0.3, -0.25) is 0 Å². The van der Waals surface area contributed by atoms with Crippen LogP contribution in [-0.2, 0) is 6.42 Å². The van der Waals surface area contributed by atoms with E-state index in [1.807, 2.05) is 6.92 Å². The average Bonchev–Trinajstić information content (AvgIpc) is 2.30. The maximum absolute atomic E-state index is 5.58. The van der Waals surface area contributed by atoms with E-state index < -0.39 is 0 Å². The van der Waals surface area contributed by atoms with Gasteiger partial charge in [-0.25, -0.2) is 9.97 Å². The number of rotatable bonds is 3. The number of hydrogen-bond acceptors (Lipinski definition) is 3. The van der Waals surface area contributed by atoms with Gasteiger partial charge in [0.15, 0.2) is 0 Å². The molecular weight excluding hydrogens is 198 g/mol. The first kappa shape index (κ1) is 11.5. The zero-order valence-corrected chi connectivity index (χ0v) is 10.1. The summed E-state index contributed by atoms with van der Waals surface area (Å²) in [6.07, 6.45) is 7.40. The minimum absolute atomic E-state index is 0.588. The van der Waals surface area contributed by atoms with Crippen LogP contribution in [0.15, 0.2) is 6.07 Å². The lowest BCUT2D eigenvalue weighted by atomic mass is 9.88. The third-order valence-corrected chi connectivity index (χ3v) is 3.30. The van der Waals surface area contributed by atoms with Gasteiger partial charge in [0.1, 0.15) is 5.82 Å². The minimum atomic E-state index is 0.588. The number of nitrogens with two attached hydrogens (primary N) is 1. The molecule has 0 amide bonds. The van der Waals surface area contributed by atoms with Crippen molar-refractivity contribution < 1.29 is 0 Å². The van der Waals surface area contributed by atoms with Crippen LogP contribution in [0.3, 0.4) is 0 Å². The zero-order chi connectivity index (χ0) is 11.4. The van der Waals surface area contributed by atoms with Crippen molar-refractivity contribution in [3.63, 3.8) is 0 Å². The molecule has 1 aliphatic rings. The van der Waals surface area contributed by atoms with E-state index in [1.54, 1.807) is 0 Å². The fourth-order valence-electron chi connectivity index (χ4n) is 2.48. The molecule has 1 fully saturated rings. The molecule has 0 atom stereocenters. The van der Waals surface area contributed by atoms with Crippen molar-refractivity contribution in [1.29, 1.82) is 0 Å². The SMILES string of the molecule is Cc1cc(CCN)nc(C2CCCCC2)n1. The molecule has 0 saturated heterocycles. The van der Waals surface area contributed by atoms with Crippen LogP contribution in [0, 0.1) is 6.92 Å². The van der Waals surface area contributed by atoms with Crippen LogP contribution in [-0.4, -0.2) is 16.5 Å². The molecule has 0 bridgehead atoms. The van der Waals surface area contributed by atoms with Crippen LogP contribution in [0.1, 0.15) is 55.2 Å². The normalized spacial score (nSPS) is 17.6. The summed E-state index contributed by atoms with van der Waals surface area (Å²) in [5.41, 5.74) is 7.77. The fourth-order valence-corrected chi connectivity index (χ4v) is 2.48. The van der Waals surface area contributed by atoms with E-state index in [9.17, 15) is 0 Å². The Labute approximate surface area is 97.5 Å². The molecule has 2 N–H and O–H groups in total. The largest absolute Gasteiger partial charge is 0.330 e. The van der Waals surface area contributed by atoms with Gasteiger partial charge in [0.05, 0.1) is 0 Å². The fraction of sp³-hybridized carbons (Fsp3) is 0.692. The Balaban J connectivity index is 2.18. The van der Waals surface area contributed by atoms with Crippen molar-refractivity contribution in [2.45, 2.75) is 51.4 Å². The van der Waals surface area contributed by atoms with Gasteiger partial charge < -0.3 is 5.73 Å². The lowest BCUT2D eigenvalue weighted by Gasteiger charge is -2.20. The number of aromatic nitrogens is 2. The van der Waals surface area contributed by atoms with Gasteiger partial charge in [-0.15, -0.1) is 0 Å². The average molecular weight is 219 g/mol. The van der Waals surface area contributed by atoms with Crippen molar-refractivity contribution in [2.24, 2.45) is 5.73 Å². The summed E-state index contributed by atoms with van der Waals surface area (Å²) in [6.45, 7) is 2.72. The molecular formula is C13H21N3. The summed E-state index contributed by atoms with van der Waals surface area (Å²) in [5.74, 6) is 1.65. The van der Waals surface area contributed by atoms with E-state index in [4.69, 9.17) is 5.73 Å². The van der Waals surface area contributed by atoms with Gasteiger partial charge in [-0.2, -0.15) is 0 Å². The third kappa shape index (κ3) is 2.79. The summed E-state index contributed by atoms with van der Waals surface area (Å²) in [5, 5.41) is 0. The van der Waals surface area contributed by atoms with Gasteiger partial charge in [-0.1, -0.05) is 19.3 Å².